The largest absolute Gasteiger partial charge is 0.416 e. The van der Waals surface area contributed by atoms with Gasteiger partial charge in [-0.15, -0.1) is 0 Å². The standard InChI is InChI=1S/C14H20F3NO/c1-10(2)19-9-13(18-3)8-11-4-6-12(7-5-11)14(15,16)17/h4-7,10,13,18H,8-9H2,1-3H3. The number of likely N-dealkylation sites (N-methyl/N-ethyl adjacent to an activating group) is 1. The van der Waals surface area contributed by atoms with Crippen LogP contribution >= 0.6 is 0 Å². The molecule has 0 bridgehead atoms. The van der Waals surface area contributed by atoms with Gasteiger partial charge in [-0.1, -0.05) is 12.1 Å². The van der Waals surface area contributed by atoms with Crippen LogP contribution in [0.25, 0.3) is 0 Å². The molecule has 0 saturated carbocycles. The summed E-state index contributed by atoms with van der Waals surface area (Å²) < 4.78 is 42.8. The van der Waals surface area contributed by atoms with Gasteiger partial charge in [0.15, 0.2) is 0 Å². The molecule has 1 aromatic rings. The third-order valence-corrected chi connectivity index (χ3v) is 2.80. The summed E-state index contributed by atoms with van der Waals surface area (Å²) in [6, 6.07) is 5.36. The fraction of sp³-hybridized carbons (Fsp3) is 0.571. The lowest BCUT2D eigenvalue weighted by Crippen LogP contribution is -2.33. The number of benzene rings is 1. The van der Waals surface area contributed by atoms with Gasteiger partial charge in [0.25, 0.3) is 0 Å². The summed E-state index contributed by atoms with van der Waals surface area (Å²) in [6.45, 7) is 4.44. The average molecular weight is 275 g/mol. The minimum Gasteiger partial charge on any atom is -0.377 e. The van der Waals surface area contributed by atoms with Crippen LogP contribution < -0.4 is 5.32 Å². The Balaban J connectivity index is 2.60. The molecule has 2 nitrogen and oxygen atoms in total. The lowest BCUT2D eigenvalue weighted by Gasteiger charge is -2.18. The Morgan fingerprint density at radius 2 is 1.74 bits per heavy atom. The van der Waals surface area contributed by atoms with Crippen molar-refractivity contribution in [1.29, 1.82) is 0 Å². The van der Waals surface area contributed by atoms with Crippen molar-refractivity contribution in [1.82, 2.24) is 5.32 Å². The van der Waals surface area contributed by atoms with Crippen molar-refractivity contribution >= 4 is 0 Å². The summed E-state index contributed by atoms with van der Waals surface area (Å²) in [4.78, 5) is 0. The lowest BCUT2D eigenvalue weighted by molar-refractivity contribution is -0.137. The van der Waals surface area contributed by atoms with E-state index >= 15 is 0 Å². The monoisotopic (exact) mass is 275 g/mol. The third kappa shape index (κ3) is 5.61. The maximum atomic E-state index is 12.4. The second kappa shape index (κ2) is 6.91. The van der Waals surface area contributed by atoms with Gasteiger partial charge in [-0.25, -0.2) is 0 Å². The van der Waals surface area contributed by atoms with Gasteiger partial charge in [-0.05, 0) is 45.0 Å². The second-order valence-electron chi connectivity index (χ2n) is 4.77. The molecule has 1 rings (SSSR count). The summed E-state index contributed by atoms with van der Waals surface area (Å²) in [7, 11) is 1.82. The van der Waals surface area contributed by atoms with E-state index in [4.69, 9.17) is 4.74 Å². The Bertz CT molecular complexity index is 373. The highest BCUT2D eigenvalue weighted by atomic mass is 19.4. The summed E-state index contributed by atoms with van der Waals surface area (Å²) >= 11 is 0. The van der Waals surface area contributed by atoms with Gasteiger partial charge in [-0.2, -0.15) is 13.2 Å². The van der Waals surface area contributed by atoms with Crippen molar-refractivity contribution in [3.8, 4) is 0 Å². The van der Waals surface area contributed by atoms with E-state index in [1.165, 1.54) is 12.1 Å². The molecular weight excluding hydrogens is 255 g/mol. The van der Waals surface area contributed by atoms with Gasteiger partial charge in [0.2, 0.25) is 0 Å². The van der Waals surface area contributed by atoms with E-state index in [2.05, 4.69) is 5.32 Å². The first kappa shape index (κ1) is 16.0. The molecule has 0 radical (unpaired) electrons. The molecule has 1 atom stereocenters. The summed E-state index contributed by atoms with van der Waals surface area (Å²) in [5, 5.41) is 3.10. The number of nitrogens with one attached hydrogen (secondary N) is 1. The first-order valence-corrected chi connectivity index (χ1v) is 6.28. The first-order chi connectivity index (χ1) is 8.82. The summed E-state index contributed by atoms with van der Waals surface area (Å²) in [6.07, 6.45) is -3.49. The molecule has 0 aromatic heterocycles. The molecule has 0 fully saturated rings. The molecule has 5 heteroatoms. The van der Waals surface area contributed by atoms with E-state index in [0.717, 1.165) is 17.7 Å². The van der Waals surface area contributed by atoms with Crippen LogP contribution in [0.5, 0.6) is 0 Å². The molecular formula is C14H20F3NO. The van der Waals surface area contributed by atoms with Crippen molar-refractivity contribution in [3.63, 3.8) is 0 Å². The highest BCUT2D eigenvalue weighted by Gasteiger charge is 2.29. The van der Waals surface area contributed by atoms with Crippen LogP contribution in [0.3, 0.4) is 0 Å². The predicted octanol–water partition coefficient (Wildman–Crippen LogP) is 3.26. The van der Waals surface area contributed by atoms with Crippen LogP contribution in [0.15, 0.2) is 24.3 Å². The molecule has 19 heavy (non-hydrogen) atoms. The van der Waals surface area contributed by atoms with Crippen LogP contribution in [-0.4, -0.2) is 25.8 Å². The van der Waals surface area contributed by atoms with Crippen molar-refractivity contribution in [2.24, 2.45) is 0 Å². The van der Waals surface area contributed by atoms with Crippen molar-refractivity contribution in [2.45, 2.75) is 38.6 Å². The predicted molar refractivity (Wildman–Crippen MR) is 69.1 cm³/mol. The second-order valence-corrected chi connectivity index (χ2v) is 4.77. The van der Waals surface area contributed by atoms with Crippen molar-refractivity contribution < 1.29 is 17.9 Å². The molecule has 1 N–H and O–H groups in total. The molecule has 1 unspecified atom stereocenters. The first-order valence-electron chi connectivity index (χ1n) is 6.28. The number of halogens is 3. The smallest absolute Gasteiger partial charge is 0.377 e. The quantitative estimate of drug-likeness (QED) is 0.860. The number of hydrogen-bond donors (Lipinski definition) is 1. The normalized spacial score (nSPS) is 13.8. The highest BCUT2D eigenvalue weighted by Crippen LogP contribution is 2.29. The Labute approximate surface area is 112 Å². The Morgan fingerprint density at radius 1 is 1.16 bits per heavy atom. The minimum absolute atomic E-state index is 0.0964. The number of ether oxygens (including phenoxy) is 1. The highest BCUT2D eigenvalue weighted by molar-refractivity contribution is 5.25. The van der Waals surface area contributed by atoms with Gasteiger partial charge in [0.05, 0.1) is 18.3 Å². The Hall–Kier alpha value is -1.07. The zero-order chi connectivity index (χ0) is 14.5. The van der Waals surface area contributed by atoms with E-state index in [1.807, 2.05) is 20.9 Å². The van der Waals surface area contributed by atoms with Gasteiger partial charge >= 0.3 is 6.18 Å². The number of hydrogen-bond acceptors (Lipinski definition) is 2. The molecule has 108 valence electrons. The van der Waals surface area contributed by atoms with E-state index in [9.17, 15) is 13.2 Å². The molecule has 0 aliphatic heterocycles. The Morgan fingerprint density at radius 3 is 2.16 bits per heavy atom. The zero-order valence-electron chi connectivity index (χ0n) is 11.4. The molecule has 0 aliphatic rings. The number of rotatable bonds is 6. The molecule has 1 aromatic carbocycles. The zero-order valence-corrected chi connectivity index (χ0v) is 11.4. The van der Waals surface area contributed by atoms with Crippen LogP contribution in [0, 0.1) is 0 Å². The third-order valence-electron chi connectivity index (χ3n) is 2.80. The number of alkyl halides is 3. The molecule has 0 saturated heterocycles. The summed E-state index contributed by atoms with van der Waals surface area (Å²) in [5.41, 5.74) is 0.246. The maximum Gasteiger partial charge on any atom is 0.416 e. The topological polar surface area (TPSA) is 21.3 Å². The molecule has 0 heterocycles. The Kier molecular flexibility index (Phi) is 5.82. The van der Waals surface area contributed by atoms with E-state index in [0.29, 0.717) is 13.0 Å². The van der Waals surface area contributed by atoms with E-state index in [-0.39, 0.29) is 12.1 Å². The van der Waals surface area contributed by atoms with Gasteiger partial charge in [0, 0.05) is 6.04 Å². The van der Waals surface area contributed by atoms with E-state index in [1.54, 1.807) is 0 Å². The molecule has 0 spiro atoms. The average Bonchev–Trinajstić information content (AvgIpc) is 2.33. The fourth-order valence-electron chi connectivity index (χ4n) is 1.67. The lowest BCUT2D eigenvalue weighted by atomic mass is 10.0. The van der Waals surface area contributed by atoms with Gasteiger partial charge in [-0.3, -0.25) is 0 Å². The molecule has 0 aliphatic carbocycles. The van der Waals surface area contributed by atoms with Crippen LogP contribution in [0.2, 0.25) is 0 Å². The van der Waals surface area contributed by atoms with Crippen molar-refractivity contribution in [2.75, 3.05) is 13.7 Å². The van der Waals surface area contributed by atoms with Gasteiger partial charge < -0.3 is 10.1 Å². The fourth-order valence-corrected chi connectivity index (χ4v) is 1.67. The van der Waals surface area contributed by atoms with Crippen LogP contribution in [0.4, 0.5) is 13.2 Å². The SMILES string of the molecule is CNC(COC(C)C)Cc1ccc(C(F)(F)F)cc1. The molecule has 0 amide bonds. The van der Waals surface area contributed by atoms with Crippen LogP contribution in [-0.2, 0) is 17.3 Å². The van der Waals surface area contributed by atoms with Crippen LogP contribution in [0.1, 0.15) is 25.0 Å². The van der Waals surface area contributed by atoms with Gasteiger partial charge in [0.1, 0.15) is 0 Å². The maximum absolute atomic E-state index is 12.4. The van der Waals surface area contributed by atoms with Crippen molar-refractivity contribution in [3.05, 3.63) is 35.4 Å². The van der Waals surface area contributed by atoms with E-state index < -0.39 is 11.7 Å². The minimum atomic E-state index is -4.28. The summed E-state index contributed by atoms with van der Waals surface area (Å²) in [5.74, 6) is 0.